The maximum Gasteiger partial charge on any atom is 0.193 e. The van der Waals surface area contributed by atoms with Crippen molar-refractivity contribution in [1.29, 1.82) is 0 Å². The Morgan fingerprint density at radius 3 is 2.95 bits per heavy atom. The van der Waals surface area contributed by atoms with Crippen LogP contribution in [0.4, 0.5) is 0 Å². The smallest absolute Gasteiger partial charge is 0.193 e. The van der Waals surface area contributed by atoms with Crippen molar-refractivity contribution >= 4 is 41.5 Å². The second kappa shape index (κ2) is 7.65. The summed E-state index contributed by atoms with van der Waals surface area (Å²) in [5.74, 6) is 1.03. The molecule has 1 N–H and O–H groups in total. The van der Waals surface area contributed by atoms with E-state index in [-0.39, 0.29) is 24.0 Å². The summed E-state index contributed by atoms with van der Waals surface area (Å²) >= 11 is 6.24. The van der Waals surface area contributed by atoms with Gasteiger partial charge in [0.05, 0.1) is 6.54 Å². The molecular formula is C15H22ClIN4. The van der Waals surface area contributed by atoms with Crippen LogP contribution in [0.3, 0.4) is 0 Å². The van der Waals surface area contributed by atoms with Gasteiger partial charge >= 0.3 is 0 Å². The van der Waals surface area contributed by atoms with Gasteiger partial charge in [-0.15, -0.1) is 24.0 Å². The molecule has 0 bridgehead atoms. The number of guanidine groups is 1. The average Bonchev–Trinajstić information content (AvgIpc) is 2.85. The molecule has 1 aromatic carbocycles. The van der Waals surface area contributed by atoms with Crippen LogP contribution in [0, 0.1) is 0 Å². The number of nitrogens with zero attached hydrogens (tertiary/aromatic N) is 3. The van der Waals surface area contributed by atoms with E-state index in [0.29, 0.717) is 0 Å². The molecule has 0 fully saturated rings. The molecule has 0 amide bonds. The number of nitrogens with one attached hydrogen (secondary N) is 1. The van der Waals surface area contributed by atoms with E-state index in [1.54, 1.807) is 0 Å². The van der Waals surface area contributed by atoms with Gasteiger partial charge in [0.1, 0.15) is 0 Å². The molecule has 4 nitrogen and oxygen atoms in total. The maximum absolute atomic E-state index is 6.24. The van der Waals surface area contributed by atoms with Crippen LogP contribution in [0.1, 0.15) is 11.1 Å². The van der Waals surface area contributed by atoms with Gasteiger partial charge in [0, 0.05) is 44.8 Å². The van der Waals surface area contributed by atoms with Crippen LogP contribution in [0.15, 0.2) is 23.2 Å². The first kappa shape index (κ1) is 16.8. The fourth-order valence-corrected chi connectivity index (χ4v) is 3.15. The predicted octanol–water partition coefficient (Wildman–Crippen LogP) is 2.21. The van der Waals surface area contributed by atoms with Crippen LogP contribution in [0.25, 0.3) is 0 Å². The lowest BCUT2D eigenvalue weighted by Gasteiger charge is -2.29. The van der Waals surface area contributed by atoms with Gasteiger partial charge in [-0.25, -0.2) is 0 Å². The third-order valence-corrected chi connectivity index (χ3v) is 4.41. The first-order valence-electron chi connectivity index (χ1n) is 7.22. The molecule has 6 heteroatoms. The van der Waals surface area contributed by atoms with Crippen molar-refractivity contribution in [2.45, 2.75) is 13.0 Å². The number of likely N-dealkylation sites (N-methyl/N-ethyl adjacent to an activating group) is 1. The number of hydrogen-bond donors (Lipinski definition) is 1. The van der Waals surface area contributed by atoms with Crippen molar-refractivity contribution in [2.24, 2.45) is 4.99 Å². The van der Waals surface area contributed by atoms with Gasteiger partial charge in [-0.3, -0.25) is 9.89 Å². The lowest BCUT2D eigenvalue weighted by Crippen LogP contribution is -2.41. The monoisotopic (exact) mass is 420 g/mol. The molecule has 116 valence electrons. The SMILES string of the molecule is CN1CCN=C1NCCN1CCc2c(Cl)cccc2C1.I. The van der Waals surface area contributed by atoms with E-state index < -0.39 is 0 Å². The van der Waals surface area contributed by atoms with Gasteiger partial charge in [-0.2, -0.15) is 0 Å². The quantitative estimate of drug-likeness (QED) is 0.761. The average molecular weight is 421 g/mol. The fraction of sp³-hybridized carbons (Fsp3) is 0.533. The molecular weight excluding hydrogens is 399 g/mol. The summed E-state index contributed by atoms with van der Waals surface area (Å²) in [4.78, 5) is 9.09. The van der Waals surface area contributed by atoms with E-state index in [2.05, 4.69) is 33.2 Å². The molecule has 0 aliphatic carbocycles. The number of fused-ring (bicyclic) bond motifs is 1. The highest BCUT2D eigenvalue weighted by Gasteiger charge is 2.18. The molecule has 21 heavy (non-hydrogen) atoms. The van der Waals surface area contributed by atoms with Gasteiger partial charge in [-0.1, -0.05) is 23.7 Å². The molecule has 2 aliphatic heterocycles. The molecule has 3 rings (SSSR count). The highest BCUT2D eigenvalue weighted by molar-refractivity contribution is 14.0. The van der Waals surface area contributed by atoms with Crippen LogP contribution in [-0.2, 0) is 13.0 Å². The zero-order valence-electron chi connectivity index (χ0n) is 12.3. The van der Waals surface area contributed by atoms with Crippen LogP contribution < -0.4 is 5.32 Å². The molecule has 0 radical (unpaired) electrons. The molecule has 0 atom stereocenters. The minimum Gasteiger partial charge on any atom is -0.355 e. The normalized spacial score (nSPS) is 18.0. The minimum atomic E-state index is 0. The Balaban J connectivity index is 0.00000161. The first-order chi connectivity index (χ1) is 9.74. The predicted molar refractivity (Wildman–Crippen MR) is 98.8 cm³/mol. The Labute approximate surface area is 148 Å². The van der Waals surface area contributed by atoms with Gasteiger partial charge < -0.3 is 10.2 Å². The number of hydrogen-bond acceptors (Lipinski definition) is 4. The first-order valence-corrected chi connectivity index (χ1v) is 7.60. The topological polar surface area (TPSA) is 30.9 Å². The molecule has 2 aliphatic rings. The van der Waals surface area contributed by atoms with Crippen LogP contribution in [0.5, 0.6) is 0 Å². The van der Waals surface area contributed by atoms with Crippen LogP contribution in [-0.4, -0.2) is 55.5 Å². The van der Waals surface area contributed by atoms with E-state index in [1.807, 2.05) is 12.1 Å². The minimum absolute atomic E-state index is 0. The Morgan fingerprint density at radius 2 is 2.19 bits per heavy atom. The number of rotatable bonds is 3. The molecule has 0 aromatic heterocycles. The van der Waals surface area contributed by atoms with E-state index in [1.165, 1.54) is 11.1 Å². The van der Waals surface area contributed by atoms with Crippen molar-refractivity contribution < 1.29 is 0 Å². The Bertz CT molecular complexity index is 520. The van der Waals surface area contributed by atoms with Crippen molar-refractivity contribution in [3.05, 3.63) is 34.3 Å². The molecule has 0 unspecified atom stereocenters. The van der Waals surface area contributed by atoms with Gasteiger partial charge in [0.2, 0.25) is 0 Å². The van der Waals surface area contributed by atoms with Gasteiger partial charge in [0.15, 0.2) is 5.96 Å². The lowest BCUT2D eigenvalue weighted by molar-refractivity contribution is 0.257. The van der Waals surface area contributed by atoms with Crippen molar-refractivity contribution in [3.8, 4) is 0 Å². The molecule has 1 aromatic rings. The summed E-state index contributed by atoms with van der Waals surface area (Å²) < 4.78 is 0. The molecule has 2 heterocycles. The van der Waals surface area contributed by atoms with Crippen molar-refractivity contribution in [2.75, 3.05) is 39.8 Å². The van der Waals surface area contributed by atoms with E-state index in [4.69, 9.17) is 11.6 Å². The fourth-order valence-electron chi connectivity index (χ4n) is 2.86. The summed E-state index contributed by atoms with van der Waals surface area (Å²) in [5.41, 5.74) is 2.71. The summed E-state index contributed by atoms with van der Waals surface area (Å²) in [7, 11) is 2.08. The summed E-state index contributed by atoms with van der Waals surface area (Å²) in [6.07, 6.45) is 1.05. The molecule has 0 spiro atoms. The Hall–Kier alpha value is -0.530. The Kier molecular flexibility index (Phi) is 6.13. The summed E-state index contributed by atoms with van der Waals surface area (Å²) in [6, 6.07) is 6.23. The number of halogens is 2. The molecule has 0 saturated carbocycles. The zero-order valence-corrected chi connectivity index (χ0v) is 15.4. The lowest BCUT2D eigenvalue weighted by atomic mass is 10.00. The number of aliphatic imine (C=N–C) groups is 1. The maximum atomic E-state index is 6.24. The highest BCUT2D eigenvalue weighted by Crippen LogP contribution is 2.25. The van der Waals surface area contributed by atoms with Crippen molar-refractivity contribution in [1.82, 2.24) is 15.1 Å². The third-order valence-electron chi connectivity index (χ3n) is 4.06. The second-order valence-corrected chi connectivity index (χ2v) is 5.86. The van der Waals surface area contributed by atoms with Crippen molar-refractivity contribution in [3.63, 3.8) is 0 Å². The van der Waals surface area contributed by atoms with E-state index in [9.17, 15) is 0 Å². The Morgan fingerprint density at radius 1 is 1.33 bits per heavy atom. The van der Waals surface area contributed by atoms with E-state index >= 15 is 0 Å². The van der Waals surface area contributed by atoms with Gasteiger partial charge in [0.25, 0.3) is 0 Å². The third kappa shape index (κ3) is 4.02. The van der Waals surface area contributed by atoms with Crippen LogP contribution >= 0.6 is 35.6 Å². The second-order valence-electron chi connectivity index (χ2n) is 5.46. The van der Waals surface area contributed by atoms with Gasteiger partial charge in [-0.05, 0) is 23.6 Å². The van der Waals surface area contributed by atoms with Crippen LogP contribution in [0.2, 0.25) is 5.02 Å². The highest BCUT2D eigenvalue weighted by atomic mass is 127. The largest absolute Gasteiger partial charge is 0.355 e. The molecule has 0 saturated heterocycles. The zero-order chi connectivity index (χ0) is 13.9. The summed E-state index contributed by atoms with van der Waals surface area (Å²) in [5, 5.41) is 4.34. The standard InChI is InChI=1S/C15H21ClN4.HI/c1-19-9-6-17-15(19)18-7-10-20-8-5-13-12(11-20)3-2-4-14(13)16;/h2-4H,5-11H2,1H3,(H,17,18);1H. The van der Waals surface area contributed by atoms with E-state index in [0.717, 1.165) is 56.7 Å². The summed E-state index contributed by atoms with van der Waals surface area (Å²) in [6.45, 7) is 6.00. The number of benzene rings is 1.